The highest BCUT2D eigenvalue weighted by Crippen LogP contribution is 2.26. The molecule has 1 aliphatic heterocycles. The molecule has 5 nitrogen and oxygen atoms in total. The van der Waals surface area contributed by atoms with Crippen LogP contribution >= 0.6 is 0 Å². The molecule has 0 aromatic rings. The second-order valence-corrected chi connectivity index (χ2v) is 4.99. The molecule has 1 saturated heterocycles. The molecule has 1 N–H and O–H groups in total. The Morgan fingerprint density at radius 3 is 2.83 bits per heavy atom. The first-order chi connectivity index (χ1) is 8.72. The van der Waals surface area contributed by atoms with Gasteiger partial charge in [0, 0.05) is 19.1 Å². The summed E-state index contributed by atoms with van der Waals surface area (Å²) in [5, 5.41) is 2.84. The summed E-state index contributed by atoms with van der Waals surface area (Å²) < 4.78 is 4.96. The third-order valence-corrected chi connectivity index (χ3v) is 3.83. The smallest absolute Gasteiger partial charge is 0.307 e. The number of nitrogens with one attached hydrogen (secondary N) is 1. The van der Waals surface area contributed by atoms with E-state index in [0.717, 1.165) is 19.4 Å². The number of rotatable bonds is 4. The maximum Gasteiger partial charge on any atom is 0.307 e. The van der Waals surface area contributed by atoms with Gasteiger partial charge >= 0.3 is 5.97 Å². The van der Waals surface area contributed by atoms with E-state index >= 15 is 0 Å². The third-order valence-electron chi connectivity index (χ3n) is 3.83. The van der Waals surface area contributed by atoms with Crippen molar-refractivity contribution >= 4 is 11.9 Å². The maximum atomic E-state index is 11.9. The number of nitrogens with zero attached hydrogens (tertiary/aromatic N) is 1. The van der Waals surface area contributed by atoms with Crippen LogP contribution in [0.2, 0.25) is 0 Å². The summed E-state index contributed by atoms with van der Waals surface area (Å²) in [5.41, 5.74) is 0. The van der Waals surface area contributed by atoms with Crippen molar-refractivity contribution in [1.82, 2.24) is 10.2 Å². The fraction of sp³-hybridized carbons (Fsp3) is 0.846. The molecular formula is C13H22N2O3. The van der Waals surface area contributed by atoms with Crippen molar-refractivity contribution in [3.63, 3.8) is 0 Å². The van der Waals surface area contributed by atoms with Gasteiger partial charge in [-0.3, -0.25) is 14.5 Å². The minimum Gasteiger partial charge on any atom is -0.466 e. The van der Waals surface area contributed by atoms with Crippen LogP contribution in [-0.4, -0.2) is 48.6 Å². The Labute approximate surface area is 108 Å². The molecule has 1 saturated carbocycles. The van der Waals surface area contributed by atoms with Gasteiger partial charge in [-0.25, -0.2) is 0 Å². The summed E-state index contributed by atoms with van der Waals surface area (Å²) in [6.45, 7) is 3.69. The summed E-state index contributed by atoms with van der Waals surface area (Å²) >= 11 is 0. The third kappa shape index (κ3) is 3.02. The van der Waals surface area contributed by atoms with Crippen LogP contribution in [0.5, 0.6) is 0 Å². The fourth-order valence-electron chi connectivity index (χ4n) is 2.99. The van der Waals surface area contributed by atoms with Crippen LogP contribution < -0.4 is 5.32 Å². The van der Waals surface area contributed by atoms with E-state index < -0.39 is 0 Å². The van der Waals surface area contributed by atoms with E-state index in [0.29, 0.717) is 19.2 Å². The van der Waals surface area contributed by atoms with E-state index in [1.54, 1.807) is 6.92 Å². The van der Waals surface area contributed by atoms with Gasteiger partial charge in [-0.15, -0.1) is 0 Å². The number of ether oxygens (including phenoxy) is 1. The highest BCUT2D eigenvalue weighted by molar-refractivity contribution is 5.87. The minimum absolute atomic E-state index is 0.0267. The Kier molecular flexibility index (Phi) is 4.58. The zero-order valence-corrected chi connectivity index (χ0v) is 11.0. The molecule has 18 heavy (non-hydrogen) atoms. The lowest BCUT2D eigenvalue weighted by atomic mass is 10.0. The predicted molar refractivity (Wildman–Crippen MR) is 67.0 cm³/mol. The van der Waals surface area contributed by atoms with Gasteiger partial charge in [0.15, 0.2) is 0 Å². The van der Waals surface area contributed by atoms with Crippen LogP contribution in [0.3, 0.4) is 0 Å². The summed E-state index contributed by atoms with van der Waals surface area (Å²) in [7, 11) is 0. The summed E-state index contributed by atoms with van der Waals surface area (Å²) in [4.78, 5) is 25.7. The molecule has 2 aliphatic rings. The predicted octanol–water partition coefficient (Wildman–Crippen LogP) is 0.683. The molecule has 1 heterocycles. The molecule has 0 spiro atoms. The first-order valence-electron chi connectivity index (χ1n) is 6.91. The molecular weight excluding hydrogens is 232 g/mol. The topological polar surface area (TPSA) is 58.6 Å². The molecule has 2 rings (SSSR count). The van der Waals surface area contributed by atoms with E-state index in [4.69, 9.17) is 4.74 Å². The van der Waals surface area contributed by atoms with Crippen LogP contribution in [0.15, 0.2) is 0 Å². The van der Waals surface area contributed by atoms with Crippen molar-refractivity contribution in [2.45, 2.75) is 51.1 Å². The van der Waals surface area contributed by atoms with Gasteiger partial charge in [0.1, 0.15) is 0 Å². The number of amides is 1. The first kappa shape index (κ1) is 13.3. The van der Waals surface area contributed by atoms with E-state index in [9.17, 15) is 9.59 Å². The Hall–Kier alpha value is -1.10. The van der Waals surface area contributed by atoms with Crippen molar-refractivity contribution in [2.75, 3.05) is 19.7 Å². The molecule has 0 aromatic carbocycles. The van der Waals surface area contributed by atoms with Gasteiger partial charge in [0.25, 0.3) is 0 Å². The quantitative estimate of drug-likeness (QED) is 0.750. The van der Waals surface area contributed by atoms with Gasteiger partial charge in [-0.2, -0.15) is 0 Å². The SMILES string of the molecule is CCOC(=O)C[C@@H]1C(=O)NCCN1C1CCCC1. The minimum atomic E-state index is -0.333. The molecule has 2 fully saturated rings. The standard InChI is InChI=1S/C13H22N2O3/c1-2-18-12(16)9-11-13(17)14-7-8-15(11)10-5-3-4-6-10/h10-11H,2-9H2,1H3,(H,14,17)/t11-/m1/s1. The summed E-state index contributed by atoms with van der Waals surface area (Å²) in [5.74, 6) is -0.302. The van der Waals surface area contributed by atoms with Crippen molar-refractivity contribution in [3.8, 4) is 0 Å². The second kappa shape index (κ2) is 6.18. The van der Waals surface area contributed by atoms with Gasteiger partial charge in [0.05, 0.1) is 19.1 Å². The zero-order valence-electron chi connectivity index (χ0n) is 11.0. The second-order valence-electron chi connectivity index (χ2n) is 4.99. The molecule has 1 atom stereocenters. The Morgan fingerprint density at radius 2 is 2.17 bits per heavy atom. The largest absolute Gasteiger partial charge is 0.466 e. The number of hydrogen-bond donors (Lipinski definition) is 1. The lowest BCUT2D eigenvalue weighted by molar-refractivity contribution is -0.148. The maximum absolute atomic E-state index is 11.9. The number of carbonyl (C=O) groups is 2. The fourth-order valence-corrected chi connectivity index (χ4v) is 2.99. The number of carbonyl (C=O) groups excluding carboxylic acids is 2. The van der Waals surface area contributed by atoms with E-state index in [1.807, 2.05) is 0 Å². The number of hydrogen-bond acceptors (Lipinski definition) is 4. The van der Waals surface area contributed by atoms with Crippen LogP contribution in [0.4, 0.5) is 0 Å². The Balaban J connectivity index is 2.00. The normalized spacial score (nSPS) is 26.1. The van der Waals surface area contributed by atoms with Gasteiger partial charge in [0.2, 0.25) is 5.91 Å². The lowest BCUT2D eigenvalue weighted by Crippen LogP contribution is -2.58. The molecule has 0 unspecified atom stereocenters. The van der Waals surface area contributed by atoms with E-state index in [1.165, 1.54) is 12.8 Å². The summed E-state index contributed by atoms with van der Waals surface area (Å²) in [6.07, 6.45) is 4.93. The lowest BCUT2D eigenvalue weighted by Gasteiger charge is -2.38. The Morgan fingerprint density at radius 1 is 1.44 bits per heavy atom. The van der Waals surface area contributed by atoms with Crippen molar-refractivity contribution < 1.29 is 14.3 Å². The highest BCUT2D eigenvalue weighted by Gasteiger charge is 2.36. The highest BCUT2D eigenvalue weighted by atomic mass is 16.5. The van der Waals surface area contributed by atoms with Gasteiger partial charge in [-0.1, -0.05) is 12.8 Å². The zero-order chi connectivity index (χ0) is 13.0. The first-order valence-corrected chi connectivity index (χ1v) is 6.91. The van der Waals surface area contributed by atoms with Crippen LogP contribution in [0, 0.1) is 0 Å². The van der Waals surface area contributed by atoms with Crippen molar-refractivity contribution in [3.05, 3.63) is 0 Å². The summed E-state index contributed by atoms with van der Waals surface area (Å²) in [6, 6.07) is 0.136. The molecule has 0 radical (unpaired) electrons. The number of piperazine rings is 1. The molecule has 5 heteroatoms. The van der Waals surface area contributed by atoms with E-state index in [2.05, 4.69) is 10.2 Å². The molecule has 102 valence electrons. The Bertz CT molecular complexity index is 313. The van der Waals surface area contributed by atoms with Crippen LogP contribution in [-0.2, 0) is 14.3 Å². The number of esters is 1. The average Bonchev–Trinajstić information content (AvgIpc) is 2.85. The molecule has 0 aromatic heterocycles. The van der Waals surface area contributed by atoms with Crippen molar-refractivity contribution in [1.29, 1.82) is 0 Å². The van der Waals surface area contributed by atoms with Gasteiger partial charge < -0.3 is 10.1 Å². The van der Waals surface area contributed by atoms with Crippen LogP contribution in [0.25, 0.3) is 0 Å². The molecule has 1 amide bonds. The van der Waals surface area contributed by atoms with Crippen molar-refractivity contribution in [2.24, 2.45) is 0 Å². The van der Waals surface area contributed by atoms with E-state index in [-0.39, 0.29) is 24.3 Å². The average molecular weight is 254 g/mol. The monoisotopic (exact) mass is 254 g/mol. The van der Waals surface area contributed by atoms with Gasteiger partial charge in [-0.05, 0) is 19.8 Å². The van der Waals surface area contributed by atoms with Crippen LogP contribution in [0.1, 0.15) is 39.0 Å². The molecule has 1 aliphatic carbocycles. The molecule has 0 bridgehead atoms.